The molecule has 3 nitrogen and oxygen atoms in total. The smallest absolute Gasteiger partial charge is 0.231 e. The minimum atomic E-state index is -0.155. The third kappa shape index (κ3) is 4.51. The fourth-order valence-electron chi connectivity index (χ4n) is 3.64. The Morgan fingerprint density at radius 1 is 0.788 bits per heavy atom. The molecule has 33 heavy (non-hydrogen) atoms. The Kier molecular flexibility index (Phi) is 5.91. The van der Waals surface area contributed by atoms with E-state index < -0.39 is 0 Å². The molecular formula is C28H18Cl2O3. The summed E-state index contributed by atoms with van der Waals surface area (Å²) in [6, 6.07) is 28.6. The van der Waals surface area contributed by atoms with Gasteiger partial charge in [-0.2, -0.15) is 0 Å². The molecule has 4 aromatic carbocycles. The van der Waals surface area contributed by atoms with Crippen molar-refractivity contribution < 1.29 is 14.3 Å². The Labute approximate surface area is 201 Å². The van der Waals surface area contributed by atoms with Gasteiger partial charge in [0.15, 0.2) is 5.76 Å². The van der Waals surface area contributed by atoms with Crippen LogP contribution in [0.25, 0.3) is 17.2 Å². The highest BCUT2D eigenvalue weighted by Crippen LogP contribution is 2.36. The highest BCUT2D eigenvalue weighted by atomic mass is 35.5. The van der Waals surface area contributed by atoms with Crippen molar-refractivity contribution in [3.05, 3.63) is 123 Å². The van der Waals surface area contributed by atoms with Gasteiger partial charge in [-0.25, -0.2) is 0 Å². The average molecular weight is 473 g/mol. The van der Waals surface area contributed by atoms with E-state index in [1.54, 1.807) is 42.5 Å². The molecule has 0 spiro atoms. The Bertz CT molecular complexity index is 1340. The molecule has 0 saturated carbocycles. The van der Waals surface area contributed by atoms with Crippen LogP contribution < -0.4 is 9.47 Å². The quantitative estimate of drug-likeness (QED) is 0.277. The molecule has 0 aliphatic carbocycles. The largest absolute Gasteiger partial charge is 0.489 e. The van der Waals surface area contributed by atoms with Crippen LogP contribution in [0.2, 0.25) is 10.0 Å². The number of allylic oxidation sites excluding steroid dienone is 1. The van der Waals surface area contributed by atoms with Crippen LogP contribution in [0.15, 0.2) is 96.8 Å². The lowest BCUT2D eigenvalue weighted by Gasteiger charge is -2.10. The molecule has 0 aromatic heterocycles. The van der Waals surface area contributed by atoms with Gasteiger partial charge in [-0.3, -0.25) is 4.79 Å². The van der Waals surface area contributed by atoms with E-state index in [9.17, 15) is 4.79 Å². The zero-order valence-corrected chi connectivity index (χ0v) is 18.9. The van der Waals surface area contributed by atoms with Gasteiger partial charge in [0, 0.05) is 21.7 Å². The number of rotatable bonds is 5. The van der Waals surface area contributed by atoms with Crippen LogP contribution >= 0.6 is 23.2 Å². The Morgan fingerprint density at radius 2 is 1.48 bits per heavy atom. The van der Waals surface area contributed by atoms with Crippen LogP contribution in [-0.2, 0) is 6.61 Å². The van der Waals surface area contributed by atoms with Crippen molar-refractivity contribution in [1.29, 1.82) is 0 Å². The summed E-state index contributed by atoms with van der Waals surface area (Å²) < 4.78 is 11.7. The molecule has 0 saturated heterocycles. The molecule has 162 valence electrons. The standard InChI is InChI=1S/C28H18Cl2O3/c29-24-7-4-8-25(30)23(24)17-32-21-13-14-22-26(16-21)33-27(28(22)31)15-18-9-11-20(12-10-18)19-5-2-1-3-6-19/h1-16H,17H2. The monoisotopic (exact) mass is 472 g/mol. The number of ketones is 1. The van der Waals surface area contributed by atoms with Crippen LogP contribution in [0.1, 0.15) is 21.5 Å². The van der Waals surface area contributed by atoms with Crippen molar-refractivity contribution in [3.63, 3.8) is 0 Å². The van der Waals surface area contributed by atoms with Gasteiger partial charge in [-0.1, -0.05) is 83.9 Å². The van der Waals surface area contributed by atoms with Gasteiger partial charge in [0.25, 0.3) is 0 Å². The molecule has 1 heterocycles. The zero-order chi connectivity index (χ0) is 22.8. The summed E-state index contributed by atoms with van der Waals surface area (Å²) in [6.45, 7) is 0.210. The molecule has 0 unspecified atom stereocenters. The van der Waals surface area contributed by atoms with Crippen molar-refractivity contribution in [1.82, 2.24) is 0 Å². The minimum absolute atomic E-state index is 0.155. The first-order valence-electron chi connectivity index (χ1n) is 10.4. The van der Waals surface area contributed by atoms with Crippen LogP contribution in [0, 0.1) is 0 Å². The number of hydrogen-bond donors (Lipinski definition) is 0. The van der Waals surface area contributed by atoms with Gasteiger partial charge >= 0.3 is 0 Å². The van der Waals surface area contributed by atoms with Crippen LogP contribution in [0.5, 0.6) is 11.5 Å². The number of benzene rings is 4. The molecule has 4 aromatic rings. The predicted molar refractivity (Wildman–Crippen MR) is 132 cm³/mol. The maximum atomic E-state index is 12.8. The predicted octanol–water partition coefficient (Wildman–Crippen LogP) is 7.86. The normalized spacial score (nSPS) is 13.6. The summed E-state index contributed by atoms with van der Waals surface area (Å²) in [5.74, 6) is 1.16. The first-order valence-corrected chi connectivity index (χ1v) is 11.1. The first kappa shape index (κ1) is 21.3. The maximum Gasteiger partial charge on any atom is 0.231 e. The summed E-state index contributed by atoms with van der Waals surface area (Å²) in [5, 5.41) is 1.08. The Morgan fingerprint density at radius 3 is 2.21 bits per heavy atom. The fraction of sp³-hybridized carbons (Fsp3) is 0.0357. The van der Waals surface area contributed by atoms with E-state index in [-0.39, 0.29) is 18.1 Å². The zero-order valence-electron chi connectivity index (χ0n) is 17.4. The fourth-order valence-corrected chi connectivity index (χ4v) is 4.14. The van der Waals surface area contributed by atoms with Crippen LogP contribution in [0.3, 0.4) is 0 Å². The van der Waals surface area contributed by atoms with Crippen molar-refractivity contribution in [2.24, 2.45) is 0 Å². The first-order chi connectivity index (χ1) is 16.1. The molecular weight excluding hydrogens is 455 g/mol. The number of Topliss-reactive ketones (excluding diaryl/α,β-unsaturated/α-hetero) is 1. The number of carbonyl (C=O) groups excluding carboxylic acids is 1. The van der Waals surface area contributed by atoms with Crippen molar-refractivity contribution in [2.45, 2.75) is 6.61 Å². The number of ether oxygens (including phenoxy) is 2. The highest BCUT2D eigenvalue weighted by molar-refractivity contribution is 6.35. The lowest BCUT2D eigenvalue weighted by atomic mass is 10.0. The molecule has 1 aliphatic heterocycles. The van der Waals surface area contributed by atoms with E-state index in [1.807, 2.05) is 42.5 Å². The number of carbonyl (C=O) groups is 1. The van der Waals surface area contributed by atoms with Crippen molar-refractivity contribution >= 4 is 35.1 Å². The van der Waals surface area contributed by atoms with Gasteiger partial charge in [-0.15, -0.1) is 0 Å². The Balaban J connectivity index is 1.32. The van der Waals surface area contributed by atoms with Gasteiger partial charge in [0.05, 0.1) is 5.56 Å². The van der Waals surface area contributed by atoms with Gasteiger partial charge in [-0.05, 0) is 47.0 Å². The summed E-state index contributed by atoms with van der Waals surface area (Å²) in [7, 11) is 0. The number of fused-ring (bicyclic) bond motifs is 1. The molecule has 5 heteroatoms. The molecule has 0 N–H and O–H groups in total. The van der Waals surface area contributed by atoms with E-state index >= 15 is 0 Å². The molecule has 0 bridgehead atoms. The third-order valence-electron chi connectivity index (χ3n) is 5.40. The van der Waals surface area contributed by atoms with Crippen LogP contribution in [0.4, 0.5) is 0 Å². The molecule has 0 atom stereocenters. The second kappa shape index (κ2) is 9.14. The van der Waals surface area contributed by atoms with E-state index in [4.69, 9.17) is 32.7 Å². The van der Waals surface area contributed by atoms with E-state index in [2.05, 4.69) is 12.1 Å². The minimum Gasteiger partial charge on any atom is -0.489 e. The van der Waals surface area contributed by atoms with Crippen LogP contribution in [-0.4, -0.2) is 5.78 Å². The van der Waals surface area contributed by atoms with Crippen molar-refractivity contribution in [2.75, 3.05) is 0 Å². The summed E-state index contributed by atoms with van der Waals surface area (Å²) in [6.07, 6.45) is 1.75. The van der Waals surface area contributed by atoms with Gasteiger partial charge < -0.3 is 9.47 Å². The van der Waals surface area contributed by atoms with E-state index in [0.29, 0.717) is 32.7 Å². The lowest BCUT2D eigenvalue weighted by Crippen LogP contribution is -1.98. The third-order valence-corrected chi connectivity index (χ3v) is 6.11. The SMILES string of the molecule is O=C1C(=Cc2ccc(-c3ccccc3)cc2)Oc2cc(OCc3c(Cl)cccc3Cl)ccc21. The molecule has 0 fully saturated rings. The summed E-state index contributed by atoms with van der Waals surface area (Å²) in [4.78, 5) is 12.8. The van der Waals surface area contributed by atoms with E-state index in [0.717, 1.165) is 16.7 Å². The second-order valence-corrected chi connectivity index (χ2v) is 8.39. The summed E-state index contributed by atoms with van der Waals surface area (Å²) >= 11 is 12.4. The lowest BCUT2D eigenvalue weighted by molar-refractivity contribution is 0.101. The number of halogens is 2. The molecule has 5 rings (SSSR count). The average Bonchev–Trinajstić information content (AvgIpc) is 3.14. The van der Waals surface area contributed by atoms with Gasteiger partial charge in [0.2, 0.25) is 5.78 Å². The van der Waals surface area contributed by atoms with Crippen molar-refractivity contribution in [3.8, 4) is 22.6 Å². The highest BCUT2D eigenvalue weighted by Gasteiger charge is 2.27. The molecule has 1 aliphatic rings. The maximum absolute atomic E-state index is 12.8. The molecule has 0 amide bonds. The second-order valence-electron chi connectivity index (χ2n) is 7.57. The summed E-state index contributed by atoms with van der Waals surface area (Å²) in [5.41, 5.74) is 4.35. The topological polar surface area (TPSA) is 35.5 Å². The van der Waals surface area contributed by atoms with Gasteiger partial charge in [0.1, 0.15) is 18.1 Å². The Hall–Kier alpha value is -3.53. The van der Waals surface area contributed by atoms with E-state index in [1.165, 1.54) is 0 Å². The number of hydrogen-bond acceptors (Lipinski definition) is 3. The molecule has 0 radical (unpaired) electrons.